The molecular weight excluding hydrogens is 415 g/mol. The molecule has 2 aliphatic heterocycles. The van der Waals surface area contributed by atoms with Crippen LogP contribution in [0.15, 0.2) is 30.5 Å². The van der Waals surface area contributed by atoms with Crippen molar-refractivity contribution < 1.29 is 23.5 Å². The number of carbonyl (C=O) groups is 2. The van der Waals surface area contributed by atoms with Crippen LogP contribution < -0.4 is 0 Å². The molecule has 1 aromatic heterocycles. The molecule has 0 bridgehead atoms. The summed E-state index contributed by atoms with van der Waals surface area (Å²) in [5.74, 6) is -0.531. The molecule has 0 spiro atoms. The normalized spacial score (nSPS) is 19.7. The molecule has 32 heavy (non-hydrogen) atoms. The van der Waals surface area contributed by atoms with Crippen molar-refractivity contribution in [3.05, 3.63) is 41.8 Å². The van der Waals surface area contributed by atoms with Gasteiger partial charge >= 0.3 is 0 Å². The number of rotatable bonds is 6. The van der Waals surface area contributed by atoms with E-state index in [0.29, 0.717) is 43.1 Å². The molecule has 0 aliphatic carbocycles. The van der Waals surface area contributed by atoms with E-state index in [9.17, 15) is 14.0 Å². The first kappa shape index (κ1) is 22.4. The molecule has 1 N–H and O–H groups in total. The number of H-pyrrole nitrogens is 1. The van der Waals surface area contributed by atoms with Crippen LogP contribution >= 0.6 is 0 Å². The van der Waals surface area contributed by atoms with Gasteiger partial charge in [-0.1, -0.05) is 0 Å². The largest absolute Gasteiger partial charge is 0.381 e. The van der Waals surface area contributed by atoms with Crippen LogP contribution in [-0.4, -0.2) is 83.9 Å². The number of benzene rings is 1. The second kappa shape index (κ2) is 10.2. The van der Waals surface area contributed by atoms with E-state index in [-0.39, 0.29) is 36.3 Å². The van der Waals surface area contributed by atoms with E-state index >= 15 is 0 Å². The van der Waals surface area contributed by atoms with Crippen LogP contribution in [0.3, 0.4) is 0 Å². The van der Waals surface area contributed by atoms with Crippen LogP contribution in [0, 0.1) is 5.82 Å². The first-order valence-electron chi connectivity index (χ1n) is 11.0. The molecule has 4 rings (SSSR count). The zero-order chi connectivity index (χ0) is 22.5. The summed E-state index contributed by atoms with van der Waals surface area (Å²) in [6.07, 6.45) is 4.73. The van der Waals surface area contributed by atoms with Gasteiger partial charge in [0, 0.05) is 51.1 Å². The summed E-state index contributed by atoms with van der Waals surface area (Å²) in [5.41, 5.74) is 1.70. The second-order valence-corrected chi connectivity index (χ2v) is 8.29. The first-order valence-corrected chi connectivity index (χ1v) is 11.0. The summed E-state index contributed by atoms with van der Waals surface area (Å²) >= 11 is 0. The lowest BCUT2D eigenvalue weighted by atomic mass is 9.97. The predicted octanol–water partition coefficient (Wildman–Crippen LogP) is 2.47. The highest BCUT2D eigenvalue weighted by atomic mass is 19.1. The van der Waals surface area contributed by atoms with Crippen molar-refractivity contribution in [2.75, 3.05) is 40.0 Å². The Hall–Kier alpha value is -2.78. The maximum absolute atomic E-state index is 13.4. The fraction of sp³-hybridized carbons (Fsp3) is 0.522. The zero-order valence-electron chi connectivity index (χ0n) is 18.3. The molecule has 2 amide bonds. The summed E-state index contributed by atoms with van der Waals surface area (Å²) in [5, 5.41) is 6.92. The topological polar surface area (TPSA) is 87.8 Å². The Morgan fingerprint density at radius 1 is 1.22 bits per heavy atom. The Balaban J connectivity index is 1.53. The Labute approximate surface area is 186 Å². The number of aromatic amines is 1. The molecule has 3 heterocycles. The van der Waals surface area contributed by atoms with Gasteiger partial charge in [-0.25, -0.2) is 4.39 Å². The van der Waals surface area contributed by atoms with Crippen LogP contribution in [-0.2, 0) is 14.3 Å². The second-order valence-electron chi connectivity index (χ2n) is 8.29. The molecular formula is C23H29FN4O4. The quantitative estimate of drug-likeness (QED) is 0.740. The number of amides is 2. The van der Waals surface area contributed by atoms with Crippen LogP contribution in [0.25, 0.3) is 11.3 Å². The molecule has 1 atom stereocenters. The number of carbonyl (C=O) groups excluding carboxylic acids is 2. The number of hydrogen-bond acceptors (Lipinski definition) is 5. The maximum atomic E-state index is 13.4. The highest BCUT2D eigenvalue weighted by Crippen LogP contribution is 2.27. The van der Waals surface area contributed by atoms with E-state index in [1.807, 2.05) is 4.90 Å². The lowest BCUT2D eigenvalue weighted by Crippen LogP contribution is -2.56. The van der Waals surface area contributed by atoms with Gasteiger partial charge in [0.2, 0.25) is 5.91 Å². The highest BCUT2D eigenvalue weighted by molar-refractivity contribution is 5.99. The van der Waals surface area contributed by atoms with Crippen molar-refractivity contribution in [1.82, 2.24) is 20.0 Å². The number of aromatic nitrogens is 2. The van der Waals surface area contributed by atoms with Crippen molar-refractivity contribution >= 4 is 11.8 Å². The van der Waals surface area contributed by atoms with E-state index in [2.05, 4.69) is 10.2 Å². The van der Waals surface area contributed by atoms with Gasteiger partial charge in [0.25, 0.3) is 5.91 Å². The molecule has 2 fully saturated rings. The highest BCUT2D eigenvalue weighted by Gasteiger charge is 2.36. The molecule has 0 saturated carbocycles. The lowest BCUT2D eigenvalue weighted by molar-refractivity contribution is -0.143. The average Bonchev–Trinajstić information content (AvgIpc) is 3.30. The Morgan fingerprint density at radius 3 is 2.69 bits per heavy atom. The van der Waals surface area contributed by atoms with Crippen LogP contribution in [0.5, 0.6) is 0 Å². The third-order valence-electron chi connectivity index (χ3n) is 6.22. The average molecular weight is 445 g/mol. The molecule has 2 saturated heterocycles. The van der Waals surface area contributed by atoms with E-state index in [1.165, 1.54) is 25.4 Å². The summed E-state index contributed by atoms with van der Waals surface area (Å²) in [6.45, 7) is 2.36. The Bertz CT molecular complexity index is 926. The molecule has 2 aromatic rings. The first-order chi connectivity index (χ1) is 15.6. The number of ether oxygens (including phenoxy) is 2. The number of nitrogens with zero attached hydrogens (tertiary/aromatic N) is 3. The van der Waals surface area contributed by atoms with E-state index in [4.69, 9.17) is 9.47 Å². The fourth-order valence-corrected chi connectivity index (χ4v) is 4.69. The van der Waals surface area contributed by atoms with Crippen LogP contribution in [0.1, 0.15) is 36.0 Å². The van der Waals surface area contributed by atoms with Crippen LogP contribution in [0.2, 0.25) is 0 Å². The maximum Gasteiger partial charge on any atom is 0.257 e. The third kappa shape index (κ3) is 4.83. The van der Waals surface area contributed by atoms with E-state index in [1.54, 1.807) is 17.0 Å². The monoisotopic (exact) mass is 444 g/mol. The molecule has 172 valence electrons. The summed E-state index contributed by atoms with van der Waals surface area (Å²) in [4.78, 5) is 30.1. The summed E-state index contributed by atoms with van der Waals surface area (Å²) < 4.78 is 23.9. The third-order valence-corrected chi connectivity index (χ3v) is 6.22. The van der Waals surface area contributed by atoms with Crippen molar-refractivity contribution in [2.24, 2.45) is 0 Å². The van der Waals surface area contributed by atoms with Gasteiger partial charge in [0.15, 0.2) is 0 Å². The van der Waals surface area contributed by atoms with Gasteiger partial charge in [-0.05, 0) is 49.9 Å². The van der Waals surface area contributed by atoms with E-state index < -0.39 is 0 Å². The van der Waals surface area contributed by atoms with Gasteiger partial charge in [0.05, 0.1) is 17.5 Å². The van der Waals surface area contributed by atoms with Crippen molar-refractivity contribution in [2.45, 2.75) is 37.8 Å². The van der Waals surface area contributed by atoms with Crippen molar-refractivity contribution in [3.63, 3.8) is 0 Å². The molecule has 1 aromatic carbocycles. The summed E-state index contributed by atoms with van der Waals surface area (Å²) in [7, 11) is 1.52. The number of likely N-dealkylation sites (tertiary alicyclic amines) is 1. The molecule has 9 heteroatoms. The van der Waals surface area contributed by atoms with Crippen molar-refractivity contribution in [1.29, 1.82) is 0 Å². The minimum Gasteiger partial charge on any atom is -0.381 e. The van der Waals surface area contributed by atoms with E-state index in [0.717, 1.165) is 25.7 Å². The Kier molecular flexibility index (Phi) is 7.16. The molecule has 8 nitrogen and oxygen atoms in total. The molecule has 1 unspecified atom stereocenters. The molecule has 0 radical (unpaired) electrons. The number of piperidine rings is 1. The minimum atomic E-state index is -0.339. The predicted molar refractivity (Wildman–Crippen MR) is 115 cm³/mol. The fourth-order valence-electron chi connectivity index (χ4n) is 4.69. The van der Waals surface area contributed by atoms with Gasteiger partial charge in [-0.2, -0.15) is 5.10 Å². The van der Waals surface area contributed by atoms with Gasteiger partial charge in [0.1, 0.15) is 12.4 Å². The Morgan fingerprint density at radius 2 is 1.97 bits per heavy atom. The zero-order valence-corrected chi connectivity index (χ0v) is 18.3. The number of methoxy groups -OCH3 is 1. The standard InChI is InChI=1S/C23H29FN4O4/c1-31-15-21(29)28(18-8-11-32-12-9-18)19-3-2-10-27(14-19)23(30)20-13-25-26-22(20)16-4-6-17(24)7-5-16/h4-7,13,18-19H,2-3,8-12,14-15H2,1H3,(H,25,26). The van der Waals surface area contributed by atoms with Gasteiger partial charge in [-0.3, -0.25) is 14.7 Å². The summed E-state index contributed by atoms with van der Waals surface area (Å²) in [6, 6.07) is 5.97. The molecule has 2 aliphatic rings. The van der Waals surface area contributed by atoms with Crippen LogP contribution in [0.4, 0.5) is 4.39 Å². The van der Waals surface area contributed by atoms with Gasteiger partial charge in [-0.15, -0.1) is 0 Å². The smallest absolute Gasteiger partial charge is 0.257 e. The van der Waals surface area contributed by atoms with Crippen molar-refractivity contribution in [3.8, 4) is 11.3 Å². The SMILES string of the molecule is COCC(=O)N(C1CCOCC1)C1CCCN(C(=O)c2cn[nH]c2-c2ccc(F)cc2)C1. The number of halogens is 1. The number of hydrogen-bond donors (Lipinski definition) is 1. The van der Waals surface area contributed by atoms with Gasteiger partial charge < -0.3 is 19.3 Å². The lowest BCUT2D eigenvalue weighted by Gasteiger charge is -2.44. The number of nitrogens with one attached hydrogen (secondary N) is 1. The minimum absolute atomic E-state index is 0.0260.